The molecule has 3 amide bonds. The van der Waals surface area contributed by atoms with E-state index in [1.807, 2.05) is 6.07 Å². The highest BCUT2D eigenvalue weighted by molar-refractivity contribution is 5.98. The first-order valence-corrected chi connectivity index (χ1v) is 4.64. The fraction of sp³-hybridized carbons (Fsp3) is 0.200. The Hall–Kier alpha value is -2.04. The molecule has 1 aliphatic rings. The molecular formula is C10H11N3O2. The van der Waals surface area contributed by atoms with Gasteiger partial charge in [0.2, 0.25) is 0 Å². The first-order chi connectivity index (χ1) is 7.16. The molecule has 0 saturated carbocycles. The summed E-state index contributed by atoms with van der Waals surface area (Å²) < 4.78 is 0. The second-order valence-corrected chi connectivity index (χ2v) is 3.37. The van der Waals surface area contributed by atoms with Crippen molar-refractivity contribution in [1.82, 2.24) is 5.32 Å². The van der Waals surface area contributed by atoms with Crippen molar-refractivity contribution < 1.29 is 9.59 Å². The molecule has 5 nitrogen and oxygen atoms in total. The lowest BCUT2D eigenvalue weighted by atomic mass is 10.00. The van der Waals surface area contributed by atoms with Crippen LogP contribution in [0.5, 0.6) is 0 Å². The van der Waals surface area contributed by atoms with Gasteiger partial charge in [0.15, 0.2) is 0 Å². The Morgan fingerprint density at radius 1 is 1.47 bits per heavy atom. The van der Waals surface area contributed by atoms with Gasteiger partial charge in [-0.2, -0.15) is 0 Å². The second kappa shape index (κ2) is 3.61. The fourth-order valence-corrected chi connectivity index (χ4v) is 1.63. The van der Waals surface area contributed by atoms with Gasteiger partial charge in [0.25, 0.3) is 5.91 Å². The van der Waals surface area contributed by atoms with Gasteiger partial charge < -0.3 is 16.4 Å². The summed E-state index contributed by atoms with van der Waals surface area (Å²) in [5.74, 6) is -0.107. The Balaban J connectivity index is 2.35. The van der Waals surface area contributed by atoms with Crippen molar-refractivity contribution in [2.75, 3.05) is 11.9 Å². The van der Waals surface area contributed by atoms with Gasteiger partial charge in [-0.1, -0.05) is 6.07 Å². The van der Waals surface area contributed by atoms with Gasteiger partial charge in [-0.05, 0) is 24.1 Å². The first-order valence-electron chi connectivity index (χ1n) is 4.64. The lowest BCUT2D eigenvalue weighted by Gasteiger charge is -2.17. The van der Waals surface area contributed by atoms with Crippen LogP contribution in [0.4, 0.5) is 10.5 Å². The Morgan fingerprint density at radius 2 is 2.27 bits per heavy atom. The van der Waals surface area contributed by atoms with Gasteiger partial charge in [0.05, 0.1) is 0 Å². The zero-order valence-corrected chi connectivity index (χ0v) is 8.04. The quantitative estimate of drug-likeness (QED) is 0.622. The number of carbonyl (C=O) groups is 2. The molecule has 1 heterocycles. The van der Waals surface area contributed by atoms with Crippen molar-refractivity contribution in [3.8, 4) is 0 Å². The summed E-state index contributed by atoms with van der Waals surface area (Å²) in [7, 11) is 0. The number of fused-ring (bicyclic) bond motifs is 1. The van der Waals surface area contributed by atoms with E-state index in [1.165, 1.54) is 0 Å². The normalized spacial score (nSPS) is 14.0. The highest BCUT2D eigenvalue weighted by Gasteiger charge is 2.16. The number of hydrogen-bond donors (Lipinski definition) is 3. The number of anilines is 1. The molecule has 78 valence electrons. The summed E-state index contributed by atoms with van der Waals surface area (Å²) in [4.78, 5) is 22.1. The lowest BCUT2D eigenvalue weighted by molar-refractivity contribution is 0.0946. The topological polar surface area (TPSA) is 84.2 Å². The lowest BCUT2D eigenvalue weighted by Crippen LogP contribution is -2.32. The summed E-state index contributed by atoms with van der Waals surface area (Å²) in [5, 5.41) is 5.17. The van der Waals surface area contributed by atoms with E-state index in [-0.39, 0.29) is 5.91 Å². The molecule has 0 bridgehead atoms. The number of nitrogens with one attached hydrogen (secondary N) is 2. The molecule has 0 aromatic heterocycles. The number of nitrogens with two attached hydrogens (primary N) is 1. The molecule has 2 rings (SSSR count). The molecule has 1 aromatic carbocycles. The molecule has 4 N–H and O–H groups in total. The predicted octanol–water partition coefficient (Wildman–Crippen LogP) is 0.463. The number of amides is 3. The monoisotopic (exact) mass is 205 g/mol. The Bertz CT molecular complexity index is 429. The first kappa shape index (κ1) is 9.51. The van der Waals surface area contributed by atoms with E-state index in [9.17, 15) is 9.59 Å². The van der Waals surface area contributed by atoms with E-state index in [0.717, 1.165) is 12.0 Å². The Labute approximate surface area is 86.6 Å². The van der Waals surface area contributed by atoms with Crippen LogP contribution in [0.3, 0.4) is 0 Å². The number of benzene rings is 1. The third-order valence-electron chi connectivity index (χ3n) is 2.30. The summed E-state index contributed by atoms with van der Waals surface area (Å²) in [6, 6.07) is 4.57. The van der Waals surface area contributed by atoms with Crippen molar-refractivity contribution in [3.63, 3.8) is 0 Å². The van der Waals surface area contributed by atoms with Gasteiger partial charge >= 0.3 is 6.03 Å². The summed E-state index contributed by atoms with van der Waals surface area (Å²) in [5.41, 5.74) is 7.12. The molecule has 0 fully saturated rings. The molecule has 15 heavy (non-hydrogen) atoms. The van der Waals surface area contributed by atoms with Gasteiger partial charge in [-0.3, -0.25) is 4.79 Å². The maximum atomic E-state index is 11.5. The number of rotatable bonds is 1. The minimum atomic E-state index is -0.633. The zero-order valence-electron chi connectivity index (χ0n) is 8.04. The van der Waals surface area contributed by atoms with Crippen molar-refractivity contribution in [1.29, 1.82) is 0 Å². The van der Waals surface area contributed by atoms with E-state index in [0.29, 0.717) is 17.8 Å². The van der Waals surface area contributed by atoms with E-state index in [4.69, 9.17) is 5.73 Å². The molecule has 0 atom stereocenters. The predicted molar refractivity (Wildman–Crippen MR) is 55.7 cm³/mol. The Kier molecular flexibility index (Phi) is 2.29. The van der Waals surface area contributed by atoms with Crippen molar-refractivity contribution in [2.24, 2.45) is 5.73 Å². The molecule has 1 aromatic rings. The molecule has 0 unspecified atom stereocenters. The smallest absolute Gasteiger partial charge is 0.316 e. The van der Waals surface area contributed by atoms with Crippen LogP contribution in [-0.4, -0.2) is 18.5 Å². The van der Waals surface area contributed by atoms with Crippen molar-refractivity contribution in [3.05, 3.63) is 29.3 Å². The van der Waals surface area contributed by atoms with Gasteiger partial charge in [-0.15, -0.1) is 0 Å². The van der Waals surface area contributed by atoms with Crippen LogP contribution in [0, 0.1) is 0 Å². The Morgan fingerprint density at radius 3 is 3.00 bits per heavy atom. The van der Waals surface area contributed by atoms with Crippen molar-refractivity contribution >= 4 is 17.6 Å². The third-order valence-corrected chi connectivity index (χ3v) is 2.30. The largest absolute Gasteiger partial charge is 0.352 e. The van der Waals surface area contributed by atoms with E-state index < -0.39 is 6.03 Å². The number of carbonyl (C=O) groups excluding carboxylic acids is 2. The minimum absolute atomic E-state index is 0.107. The van der Waals surface area contributed by atoms with E-state index >= 15 is 0 Å². The molecule has 1 aliphatic heterocycles. The van der Waals surface area contributed by atoms with Crippen LogP contribution in [0.2, 0.25) is 0 Å². The number of hydrogen-bond acceptors (Lipinski definition) is 2. The molecule has 0 aliphatic carbocycles. The van der Waals surface area contributed by atoms with Crippen molar-refractivity contribution in [2.45, 2.75) is 6.42 Å². The highest BCUT2D eigenvalue weighted by Crippen LogP contribution is 2.18. The van der Waals surface area contributed by atoms with Crippen LogP contribution in [0.1, 0.15) is 15.9 Å². The van der Waals surface area contributed by atoms with Crippen LogP contribution in [0.25, 0.3) is 0 Å². The average molecular weight is 205 g/mol. The third kappa shape index (κ3) is 1.90. The van der Waals surface area contributed by atoms with E-state index in [1.54, 1.807) is 12.1 Å². The van der Waals surface area contributed by atoms with Crippen LogP contribution in [-0.2, 0) is 6.42 Å². The highest BCUT2D eigenvalue weighted by atomic mass is 16.2. The number of urea groups is 1. The van der Waals surface area contributed by atoms with Crippen LogP contribution in [0.15, 0.2) is 18.2 Å². The molecule has 0 saturated heterocycles. The molecule has 0 radical (unpaired) electrons. The average Bonchev–Trinajstić information content (AvgIpc) is 2.18. The molecular weight excluding hydrogens is 194 g/mol. The van der Waals surface area contributed by atoms with Gasteiger partial charge in [0.1, 0.15) is 0 Å². The maximum Gasteiger partial charge on any atom is 0.316 e. The maximum absolute atomic E-state index is 11.5. The molecule has 0 spiro atoms. The zero-order chi connectivity index (χ0) is 10.8. The second-order valence-electron chi connectivity index (χ2n) is 3.37. The van der Waals surface area contributed by atoms with Gasteiger partial charge in [-0.25, -0.2) is 4.79 Å². The summed E-state index contributed by atoms with van der Waals surface area (Å²) in [6.45, 7) is 0.661. The summed E-state index contributed by atoms with van der Waals surface area (Å²) >= 11 is 0. The minimum Gasteiger partial charge on any atom is -0.352 e. The van der Waals surface area contributed by atoms with E-state index in [2.05, 4.69) is 10.6 Å². The van der Waals surface area contributed by atoms with Crippen LogP contribution >= 0.6 is 0 Å². The standard InChI is InChI=1S/C10H11N3O2/c11-10(15)13-7-2-1-6-3-4-12-9(14)8(6)5-7/h1-2,5H,3-4H2,(H,12,14)(H3,11,13,15). The summed E-state index contributed by atoms with van der Waals surface area (Å²) in [6.07, 6.45) is 0.817. The molecule has 5 heteroatoms. The number of primary amides is 1. The SMILES string of the molecule is NC(=O)Nc1ccc2c(c1)C(=O)NCC2. The fourth-order valence-electron chi connectivity index (χ4n) is 1.63. The van der Waals surface area contributed by atoms with Crippen LogP contribution < -0.4 is 16.4 Å². The van der Waals surface area contributed by atoms with Gasteiger partial charge in [0, 0.05) is 17.8 Å².